The first-order valence-corrected chi connectivity index (χ1v) is 4.60. The second-order valence-corrected chi connectivity index (χ2v) is 3.12. The predicted molar refractivity (Wildman–Crippen MR) is 57.6 cm³/mol. The topological polar surface area (TPSA) is 38.9 Å². The highest BCUT2D eigenvalue weighted by molar-refractivity contribution is 5.59. The zero-order valence-corrected chi connectivity index (χ0v) is 7.85. The molecule has 0 atom stereocenters. The number of pyridine rings is 1. The summed E-state index contributed by atoms with van der Waals surface area (Å²) in [5.41, 5.74) is 8.79. The standard InChI is InChI=1S/C12H12N2/c13-9-10-6-7-14-12(8-10)11-4-2-1-3-5-11/h1-8H,9,13H2. The van der Waals surface area contributed by atoms with Crippen LogP contribution in [0.1, 0.15) is 5.56 Å². The van der Waals surface area contributed by atoms with Gasteiger partial charge in [0.15, 0.2) is 0 Å². The molecule has 2 N–H and O–H groups in total. The highest BCUT2D eigenvalue weighted by atomic mass is 14.7. The van der Waals surface area contributed by atoms with Crippen molar-refractivity contribution in [1.29, 1.82) is 0 Å². The van der Waals surface area contributed by atoms with Gasteiger partial charge in [-0.15, -0.1) is 0 Å². The predicted octanol–water partition coefficient (Wildman–Crippen LogP) is 2.21. The van der Waals surface area contributed by atoms with Crippen molar-refractivity contribution in [3.8, 4) is 11.3 Å². The third-order valence-electron chi connectivity index (χ3n) is 2.13. The van der Waals surface area contributed by atoms with Gasteiger partial charge < -0.3 is 5.73 Å². The number of hydrogen-bond donors (Lipinski definition) is 1. The van der Waals surface area contributed by atoms with Crippen molar-refractivity contribution < 1.29 is 0 Å². The van der Waals surface area contributed by atoms with E-state index in [1.807, 2.05) is 42.5 Å². The Morgan fingerprint density at radius 1 is 1.07 bits per heavy atom. The first-order chi connectivity index (χ1) is 6.90. The molecule has 2 heteroatoms. The van der Waals surface area contributed by atoms with Crippen molar-refractivity contribution in [3.05, 3.63) is 54.2 Å². The second kappa shape index (κ2) is 4.03. The molecule has 70 valence electrons. The molecule has 0 bridgehead atoms. The SMILES string of the molecule is NCc1ccnc(-c2ccccc2)c1. The molecule has 0 unspecified atom stereocenters. The van der Waals surface area contributed by atoms with Gasteiger partial charge in [-0.05, 0) is 17.7 Å². The van der Waals surface area contributed by atoms with E-state index in [9.17, 15) is 0 Å². The Morgan fingerprint density at radius 2 is 1.86 bits per heavy atom. The Labute approximate surface area is 83.4 Å². The monoisotopic (exact) mass is 184 g/mol. The second-order valence-electron chi connectivity index (χ2n) is 3.12. The highest BCUT2D eigenvalue weighted by Crippen LogP contribution is 2.16. The van der Waals surface area contributed by atoms with E-state index in [1.54, 1.807) is 6.20 Å². The third kappa shape index (κ3) is 1.80. The highest BCUT2D eigenvalue weighted by Gasteiger charge is 1.98. The summed E-state index contributed by atoms with van der Waals surface area (Å²) in [5, 5.41) is 0. The summed E-state index contributed by atoms with van der Waals surface area (Å²) >= 11 is 0. The molecule has 0 aliphatic rings. The molecule has 0 spiro atoms. The lowest BCUT2D eigenvalue weighted by Gasteiger charge is -2.02. The van der Waals surface area contributed by atoms with Gasteiger partial charge in [-0.2, -0.15) is 0 Å². The van der Waals surface area contributed by atoms with E-state index in [2.05, 4.69) is 4.98 Å². The number of nitrogens with two attached hydrogens (primary N) is 1. The Hall–Kier alpha value is -1.67. The van der Waals surface area contributed by atoms with E-state index >= 15 is 0 Å². The van der Waals surface area contributed by atoms with Crippen molar-refractivity contribution in [2.75, 3.05) is 0 Å². The van der Waals surface area contributed by atoms with Crippen LogP contribution < -0.4 is 5.73 Å². The van der Waals surface area contributed by atoms with Crippen molar-refractivity contribution in [1.82, 2.24) is 4.98 Å². The summed E-state index contributed by atoms with van der Waals surface area (Å²) in [4.78, 5) is 4.30. The Balaban J connectivity index is 2.42. The molecular weight excluding hydrogens is 172 g/mol. The molecule has 2 rings (SSSR count). The largest absolute Gasteiger partial charge is 0.326 e. The lowest BCUT2D eigenvalue weighted by atomic mass is 10.1. The number of hydrogen-bond acceptors (Lipinski definition) is 2. The number of rotatable bonds is 2. The maximum atomic E-state index is 5.57. The average Bonchev–Trinajstić information content (AvgIpc) is 2.30. The minimum Gasteiger partial charge on any atom is -0.326 e. The minimum atomic E-state index is 0.558. The van der Waals surface area contributed by atoms with E-state index in [4.69, 9.17) is 5.73 Å². The van der Waals surface area contributed by atoms with Gasteiger partial charge in [-0.3, -0.25) is 4.98 Å². The molecule has 0 saturated heterocycles. The fourth-order valence-electron chi connectivity index (χ4n) is 1.37. The van der Waals surface area contributed by atoms with Gasteiger partial charge in [-0.1, -0.05) is 30.3 Å². The molecule has 1 aromatic carbocycles. The van der Waals surface area contributed by atoms with Gasteiger partial charge in [0, 0.05) is 18.3 Å². The smallest absolute Gasteiger partial charge is 0.0705 e. The van der Waals surface area contributed by atoms with Crippen LogP contribution in [-0.4, -0.2) is 4.98 Å². The zero-order valence-electron chi connectivity index (χ0n) is 7.85. The number of aromatic nitrogens is 1. The summed E-state index contributed by atoms with van der Waals surface area (Å²) < 4.78 is 0. The lowest BCUT2D eigenvalue weighted by molar-refractivity contribution is 1.06. The molecule has 0 aliphatic carbocycles. The third-order valence-corrected chi connectivity index (χ3v) is 2.13. The Morgan fingerprint density at radius 3 is 2.57 bits per heavy atom. The van der Waals surface area contributed by atoms with E-state index < -0.39 is 0 Å². The maximum absolute atomic E-state index is 5.57. The molecule has 2 nitrogen and oxygen atoms in total. The van der Waals surface area contributed by atoms with Crippen LogP contribution >= 0.6 is 0 Å². The van der Waals surface area contributed by atoms with Crippen molar-refractivity contribution in [2.24, 2.45) is 5.73 Å². The van der Waals surface area contributed by atoms with Crippen LogP contribution in [0, 0.1) is 0 Å². The quantitative estimate of drug-likeness (QED) is 0.777. The Kier molecular flexibility index (Phi) is 2.56. The number of nitrogens with zero attached hydrogens (tertiary/aromatic N) is 1. The van der Waals surface area contributed by atoms with Gasteiger partial charge in [0.05, 0.1) is 5.69 Å². The molecule has 0 amide bonds. The van der Waals surface area contributed by atoms with Gasteiger partial charge in [0.1, 0.15) is 0 Å². The van der Waals surface area contributed by atoms with Crippen LogP contribution in [0.2, 0.25) is 0 Å². The maximum Gasteiger partial charge on any atom is 0.0705 e. The minimum absolute atomic E-state index is 0.558. The van der Waals surface area contributed by atoms with Gasteiger partial charge >= 0.3 is 0 Å². The fraction of sp³-hybridized carbons (Fsp3) is 0.0833. The van der Waals surface area contributed by atoms with Gasteiger partial charge in [0.2, 0.25) is 0 Å². The van der Waals surface area contributed by atoms with Crippen LogP contribution in [0.5, 0.6) is 0 Å². The van der Waals surface area contributed by atoms with Gasteiger partial charge in [0.25, 0.3) is 0 Å². The summed E-state index contributed by atoms with van der Waals surface area (Å²) in [6, 6.07) is 14.1. The summed E-state index contributed by atoms with van der Waals surface area (Å²) in [5.74, 6) is 0. The van der Waals surface area contributed by atoms with E-state index in [0.29, 0.717) is 6.54 Å². The van der Waals surface area contributed by atoms with Crippen LogP contribution in [0.4, 0.5) is 0 Å². The van der Waals surface area contributed by atoms with Crippen LogP contribution in [0.15, 0.2) is 48.7 Å². The molecule has 0 fully saturated rings. The van der Waals surface area contributed by atoms with Crippen LogP contribution in [0.3, 0.4) is 0 Å². The van der Waals surface area contributed by atoms with Gasteiger partial charge in [-0.25, -0.2) is 0 Å². The molecule has 0 saturated carbocycles. The zero-order chi connectivity index (χ0) is 9.80. The molecule has 1 heterocycles. The first kappa shape index (κ1) is 8.91. The van der Waals surface area contributed by atoms with Crippen LogP contribution in [0.25, 0.3) is 11.3 Å². The molecule has 2 aromatic rings. The van der Waals surface area contributed by atoms with Crippen molar-refractivity contribution in [2.45, 2.75) is 6.54 Å². The molecule has 14 heavy (non-hydrogen) atoms. The summed E-state index contributed by atoms with van der Waals surface area (Å²) in [7, 11) is 0. The fourth-order valence-corrected chi connectivity index (χ4v) is 1.37. The van der Waals surface area contributed by atoms with Crippen molar-refractivity contribution >= 4 is 0 Å². The first-order valence-electron chi connectivity index (χ1n) is 4.60. The molecule has 1 aromatic heterocycles. The van der Waals surface area contributed by atoms with Crippen LogP contribution in [-0.2, 0) is 6.54 Å². The van der Waals surface area contributed by atoms with E-state index in [1.165, 1.54) is 0 Å². The van der Waals surface area contributed by atoms with Crippen molar-refractivity contribution in [3.63, 3.8) is 0 Å². The van der Waals surface area contributed by atoms with E-state index in [0.717, 1.165) is 16.8 Å². The van der Waals surface area contributed by atoms with E-state index in [-0.39, 0.29) is 0 Å². The summed E-state index contributed by atoms with van der Waals surface area (Å²) in [6.45, 7) is 0.558. The molecular formula is C12H12N2. The normalized spacial score (nSPS) is 10.1. The Bertz CT molecular complexity index is 410. The number of benzene rings is 1. The molecule has 0 radical (unpaired) electrons. The summed E-state index contributed by atoms with van der Waals surface area (Å²) in [6.07, 6.45) is 1.80. The molecule has 0 aliphatic heterocycles. The lowest BCUT2D eigenvalue weighted by Crippen LogP contribution is -1.96. The average molecular weight is 184 g/mol.